The van der Waals surface area contributed by atoms with Gasteiger partial charge in [0.25, 0.3) is 0 Å². The van der Waals surface area contributed by atoms with E-state index >= 15 is 13.2 Å². The Labute approximate surface area is 473 Å². The van der Waals surface area contributed by atoms with E-state index in [0.29, 0.717) is 22.5 Å². The van der Waals surface area contributed by atoms with Gasteiger partial charge in [-0.05, 0) is 251 Å². The van der Waals surface area contributed by atoms with Crippen LogP contribution >= 0.6 is 0 Å². The second kappa shape index (κ2) is 19.4. The van der Waals surface area contributed by atoms with E-state index in [-0.39, 0.29) is 11.1 Å². The van der Waals surface area contributed by atoms with Gasteiger partial charge in [0.05, 0.1) is 39.0 Å². The topological polar surface area (TPSA) is 33.6 Å². The number of hydrogen-bond donors (Lipinski definition) is 0. The highest BCUT2D eigenvalue weighted by molar-refractivity contribution is 6.14. The molecule has 400 valence electrons. The van der Waals surface area contributed by atoms with Crippen molar-refractivity contribution >= 4 is 43.6 Å². The molecule has 0 unspecified atom stereocenters. The zero-order valence-electron chi connectivity index (χ0n) is 48.4. The van der Waals surface area contributed by atoms with E-state index in [2.05, 4.69) is 220 Å². The minimum absolute atomic E-state index is 0.0345. The van der Waals surface area contributed by atoms with Crippen molar-refractivity contribution in [2.45, 2.75) is 96.2 Å². The lowest BCUT2D eigenvalue weighted by Gasteiger charge is -2.23. The third-order valence-corrected chi connectivity index (χ3v) is 17.0. The molecule has 12 aromatic rings. The highest BCUT2D eigenvalue weighted by Gasteiger charge is 2.36. The van der Waals surface area contributed by atoms with Gasteiger partial charge >= 0.3 is 6.18 Å². The van der Waals surface area contributed by atoms with Gasteiger partial charge in [-0.2, -0.15) is 18.4 Å². The summed E-state index contributed by atoms with van der Waals surface area (Å²) in [6, 6.07) is 54.6. The summed E-state index contributed by atoms with van der Waals surface area (Å²) in [4.78, 5) is 0. The summed E-state index contributed by atoms with van der Waals surface area (Å²) in [6.45, 7) is 27.4. The van der Waals surface area contributed by atoms with E-state index in [1.54, 1.807) is 13.0 Å². The molecule has 0 bridgehead atoms. The SMILES string of the molecule is Cc1cc(C)c(-c2ccc3c(c2)c2cc(-c4c(C)cc(C)cc4C)ccc2n3-c2ccc(-c3c(C)cccc3C(F)(F)F)c(-n3c4ccc(-c5c(C)cc(C)cc5C)cc4c4cc(-c5c(C)cc(C)cc5C)ccc43)c2C#N)c(C)c1. The molecule has 0 saturated carbocycles. The van der Waals surface area contributed by atoms with Crippen LogP contribution in [0.15, 0.2) is 152 Å². The molecule has 0 N–H and O–H groups in total. The predicted molar refractivity (Wildman–Crippen MR) is 334 cm³/mol. The average molecular weight is 1060 g/mol. The number of halogens is 3. The molecule has 81 heavy (non-hydrogen) atoms. The Kier molecular flexibility index (Phi) is 12.6. The number of nitrogens with zero attached hydrogens (tertiary/aromatic N) is 3. The molecule has 12 rings (SSSR count). The Hall–Kier alpha value is -8.92. The molecule has 0 aliphatic rings. The number of nitriles is 1. The third-order valence-electron chi connectivity index (χ3n) is 17.0. The quantitative estimate of drug-likeness (QED) is 0.157. The van der Waals surface area contributed by atoms with Crippen LogP contribution < -0.4 is 0 Å². The van der Waals surface area contributed by atoms with Gasteiger partial charge in [0, 0.05) is 27.1 Å². The number of fused-ring (bicyclic) bond motifs is 6. The molecule has 10 aromatic carbocycles. The maximum absolute atomic E-state index is 15.7. The number of aromatic nitrogens is 2. The van der Waals surface area contributed by atoms with E-state index in [4.69, 9.17) is 0 Å². The highest BCUT2D eigenvalue weighted by atomic mass is 19.4. The second-order valence-electron chi connectivity index (χ2n) is 23.2. The van der Waals surface area contributed by atoms with Crippen LogP contribution in [0.2, 0.25) is 0 Å². The number of alkyl halides is 3. The first kappa shape index (κ1) is 52.8. The molecule has 0 aliphatic carbocycles. The average Bonchev–Trinajstić information content (AvgIpc) is 4.01. The smallest absolute Gasteiger partial charge is 0.308 e. The van der Waals surface area contributed by atoms with E-state index in [1.165, 1.54) is 61.7 Å². The maximum Gasteiger partial charge on any atom is 0.417 e. The Balaban J connectivity index is 1.23. The van der Waals surface area contributed by atoms with Gasteiger partial charge in [0.2, 0.25) is 0 Å². The maximum atomic E-state index is 15.7. The Morgan fingerprint density at radius 2 is 0.667 bits per heavy atom. The van der Waals surface area contributed by atoms with Crippen molar-refractivity contribution in [2.24, 2.45) is 0 Å². The molecule has 3 nitrogen and oxygen atoms in total. The van der Waals surface area contributed by atoms with Crippen LogP contribution in [-0.4, -0.2) is 9.13 Å². The van der Waals surface area contributed by atoms with Gasteiger partial charge in [-0.15, -0.1) is 0 Å². The molecule has 0 fully saturated rings. The largest absolute Gasteiger partial charge is 0.417 e. The standard InChI is InChI=1S/C75H64F3N3/c1-40-27-45(6)69(46(7)28-40)53-17-22-64-58(35-53)59-36-54(70-47(8)29-41(2)30-48(70)9)18-23-65(59)80(64)68-26-21-57(73-44(5)15-14-16-63(73)75(76,77)78)74(62(68)39-79)81-66-24-19-55(71-49(10)31-42(3)32-50(71)11)37-60(66)61-38-56(20-25-67(61)81)72-51(12)33-43(4)34-52(72)13/h14-38H,1-13H3. The fraction of sp³-hybridized carbons (Fsp3) is 0.187. The number of aryl methyl sites for hydroxylation is 13. The molecule has 0 amide bonds. The molecular weight excluding hydrogens is 1000 g/mol. The van der Waals surface area contributed by atoms with Gasteiger partial charge in [-0.3, -0.25) is 0 Å². The van der Waals surface area contributed by atoms with Gasteiger partial charge in [0.1, 0.15) is 11.6 Å². The molecule has 0 saturated heterocycles. The molecule has 2 heterocycles. The second-order valence-corrected chi connectivity index (χ2v) is 23.2. The fourth-order valence-electron chi connectivity index (χ4n) is 14.3. The van der Waals surface area contributed by atoms with Crippen molar-refractivity contribution in [3.63, 3.8) is 0 Å². The first-order chi connectivity index (χ1) is 38.6. The van der Waals surface area contributed by atoms with Crippen molar-refractivity contribution in [2.75, 3.05) is 0 Å². The molecular formula is C75H64F3N3. The molecule has 0 atom stereocenters. The van der Waals surface area contributed by atoms with E-state index in [9.17, 15) is 5.26 Å². The minimum Gasteiger partial charge on any atom is -0.308 e. The third kappa shape index (κ3) is 8.65. The van der Waals surface area contributed by atoms with Crippen LogP contribution in [0.25, 0.3) is 111 Å². The zero-order valence-corrected chi connectivity index (χ0v) is 48.4. The zero-order chi connectivity index (χ0) is 57.2. The summed E-state index contributed by atoms with van der Waals surface area (Å²) in [5.41, 5.74) is 27.5. The summed E-state index contributed by atoms with van der Waals surface area (Å²) in [7, 11) is 0. The lowest BCUT2D eigenvalue weighted by molar-refractivity contribution is -0.137. The first-order valence-corrected chi connectivity index (χ1v) is 27.9. The summed E-state index contributed by atoms with van der Waals surface area (Å²) in [5, 5.41) is 16.0. The Morgan fingerprint density at radius 3 is 0.975 bits per heavy atom. The lowest BCUT2D eigenvalue weighted by atomic mass is 9.91. The highest BCUT2D eigenvalue weighted by Crippen LogP contribution is 2.48. The predicted octanol–water partition coefficient (Wildman–Crippen LogP) is 21.1. The van der Waals surface area contributed by atoms with Crippen molar-refractivity contribution < 1.29 is 13.2 Å². The van der Waals surface area contributed by atoms with Crippen LogP contribution in [0.4, 0.5) is 13.2 Å². The normalized spacial score (nSPS) is 11.9. The fourth-order valence-corrected chi connectivity index (χ4v) is 14.3. The lowest BCUT2D eigenvalue weighted by Crippen LogP contribution is -2.11. The number of benzene rings is 10. The molecule has 0 aliphatic heterocycles. The molecule has 0 spiro atoms. The summed E-state index contributed by atoms with van der Waals surface area (Å²) >= 11 is 0. The van der Waals surface area contributed by atoms with Gasteiger partial charge in [-0.1, -0.05) is 113 Å². The van der Waals surface area contributed by atoms with Crippen molar-refractivity contribution in [3.8, 4) is 73.1 Å². The number of rotatable bonds is 7. The first-order valence-electron chi connectivity index (χ1n) is 27.9. The van der Waals surface area contributed by atoms with E-state index in [1.807, 2.05) is 12.1 Å². The van der Waals surface area contributed by atoms with Crippen molar-refractivity contribution in [3.05, 3.63) is 235 Å². The van der Waals surface area contributed by atoms with Crippen LogP contribution in [0.3, 0.4) is 0 Å². The monoisotopic (exact) mass is 1060 g/mol. The Morgan fingerprint density at radius 1 is 0.346 bits per heavy atom. The van der Waals surface area contributed by atoms with Crippen LogP contribution in [0.5, 0.6) is 0 Å². The van der Waals surface area contributed by atoms with Gasteiger partial charge in [0.15, 0.2) is 0 Å². The summed E-state index contributed by atoms with van der Waals surface area (Å²) in [6.07, 6.45) is -4.70. The van der Waals surface area contributed by atoms with Crippen molar-refractivity contribution in [1.82, 2.24) is 9.13 Å². The van der Waals surface area contributed by atoms with E-state index in [0.717, 1.165) is 105 Å². The number of hydrogen-bond acceptors (Lipinski definition) is 1. The van der Waals surface area contributed by atoms with Crippen LogP contribution in [-0.2, 0) is 6.18 Å². The van der Waals surface area contributed by atoms with Crippen LogP contribution in [0, 0.1) is 101 Å². The Bertz CT molecular complexity index is 4400. The van der Waals surface area contributed by atoms with Gasteiger partial charge < -0.3 is 9.13 Å². The molecule has 2 aromatic heterocycles. The van der Waals surface area contributed by atoms with Gasteiger partial charge in [-0.25, -0.2) is 0 Å². The van der Waals surface area contributed by atoms with Crippen LogP contribution in [0.1, 0.15) is 83.5 Å². The van der Waals surface area contributed by atoms with Crippen molar-refractivity contribution in [1.29, 1.82) is 5.26 Å². The van der Waals surface area contributed by atoms with E-state index < -0.39 is 11.7 Å². The molecule has 0 radical (unpaired) electrons. The minimum atomic E-state index is -4.70. The molecule has 6 heteroatoms. The summed E-state index contributed by atoms with van der Waals surface area (Å²) in [5.74, 6) is 0. The summed E-state index contributed by atoms with van der Waals surface area (Å²) < 4.78 is 51.3.